The monoisotopic (exact) mass is 461 g/mol. The quantitative estimate of drug-likeness (QED) is 0.368. The lowest BCUT2D eigenvalue weighted by atomic mass is 10.0. The van der Waals surface area contributed by atoms with E-state index in [4.69, 9.17) is 16.9 Å². The number of alkyl halides is 3. The van der Waals surface area contributed by atoms with Crippen LogP contribution in [0.5, 0.6) is 0 Å². The third-order valence-corrected chi connectivity index (χ3v) is 5.07. The first-order valence-corrected chi connectivity index (χ1v) is 9.26. The normalized spacial score (nSPS) is 11.5. The van der Waals surface area contributed by atoms with Crippen molar-refractivity contribution in [3.05, 3.63) is 86.8 Å². The molecule has 0 bridgehead atoms. The maximum atomic E-state index is 15.2. The number of aromatic nitrogens is 2. The van der Waals surface area contributed by atoms with E-state index in [1.54, 1.807) is 0 Å². The summed E-state index contributed by atoms with van der Waals surface area (Å²) in [5, 5.41) is 8.78. The van der Waals surface area contributed by atoms with Crippen molar-refractivity contribution >= 4 is 22.5 Å². The van der Waals surface area contributed by atoms with Gasteiger partial charge in [0.1, 0.15) is 17.3 Å². The zero-order valence-corrected chi connectivity index (χ0v) is 16.4. The molecule has 2 aromatic carbocycles. The number of fused-ring (bicyclic) bond motifs is 1. The summed E-state index contributed by atoms with van der Waals surface area (Å²) in [6, 6.07) is 9.62. The van der Waals surface area contributed by atoms with Crippen molar-refractivity contribution < 1.29 is 22.0 Å². The third-order valence-electron chi connectivity index (χ3n) is 4.74. The molecule has 1 N–H and O–H groups in total. The molecule has 160 valence electrons. The minimum Gasteiger partial charge on any atom is -0.354 e. The highest BCUT2D eigenvalue weighted by Crippen LogP contribution is 2.34. The second-order valence-electron chi connectivity index (χ2n) is 6.75. The summed E-state index contributed by atoms with van der Waals surface area (Å²) >= 11 is 6.14. The molecule has 4 aromatic rings. The van der Waals surface area contributed by atoms with Crippen LogP contribution in [0.15, 0.2) is 53.5 Å². The molecule has 0 aliphatic heterocycles. The molecule has 0 aliphatic rings. The van der Waals surface area contributed by atoms with Crippen molar-refractivity contribution in [2.24, 2.45) is 0 Å². The van der Waals surface area contributed by atoms with Gasteiger partial charge in [0.25, 0.3) is 0 Å². The lowest BCUT2D eigenvalue weighted by molar-refractivity contribution is -0.141. The van der Waals surface area contributed by atoms with E-state index in [1.807, 2.05) is 6.07 Å². The molecule has 32 heavy (non-hydrogen) atoms. The van der Waals surface area contributed by atoms with Gasteiger partial charge >= 0.3 is 6.18 Å². The van der Waals surface area contributed by atoms with Crippen LogP contribution >= 0.6 is 11.6 Å². The highest BCUT2D eigenvalue weighted by atomic mass is 35.5. The van der Waals surface area contributed by atoms with Crippen molar-refractivity contribution in [2.75, 3.05) is 0 Å². The number of pyridine rings is 2. The minimum atomic E-state index is -4.71. The summed E-state index contributed by atoms with van der Waals surface area (Å²) in [6.07, 6.45) is -4.03. The Morgan fingerprint density at radius 3 is 2.44 bits per heavy atom. The summed E-state index contributed by atoms with van der Waals surface area (Å²) in [6.45, 7) is 0. The van der Waals surface area contributed by atoms with Crippen LogP contribution in [0.1, 0.15) is 11.3 Å². The Bertz CT molecular complexity index is 1470. The number of nitrogens with zero attached hydrogens (tertiary/aromatic N) is 2. The van der Waals surface area contributed by atoms with Crippen molar-refractivity contribution in [2.45, 2.75) is 6.18 Å². The average Bonchev–Trinajstić information content (AvgIpc) is 2.73. The van der Waals surface area contributed by atoms with Gasteiger partial charge in [-0.25, -0.2) is 8.78 Å². The van der Waals surface area contributed by atoms with Gasteiger partial charge in [0.2, 0.25) is 0 Å². The molecule has 0 radical (unpaired) electrons. The Labute approximate surface area is 181 Å². The molecule has 0 aliphatic carbocycles. The third kappa shape index (κ3) is 3.69. The molecule has 0 saturated carbocycles. The molecule has 0 atom stereocenters. The fraction of sp³-hybridized carbons (Fsp3) is 0.0455. The number of halogens is 6. The number of nitriles is 1. The topological polar surface area (TPSA) is 69.5 Å². The summed E-state index contributed by atoms with van der Waals surface area (Å²) in [5.41, 5.74) is -2.50. The number of rotatable bonds is 2. The first kappa shape index (κ1) is 21.5. The molecule has 0 spiro atoms. The number of nitrogens with one attached hydrogen (secondary N) is 1. The Morgan fingerprint density at radius 1 is 1.06 bits per heavy atom. The highest BCUT2D eigenvalue weighted by molar-refractivity contribution is 6.33. The maximum absolute atomic E-state index is 15.2. The van der Waals surface area contributed by atoms with Gasteiger partial charge in [0, 0.05) is 28.4 Å². The lowest BCUT2D eigenvalue weighted by Gasteiger charge is -2.12. The number of benzene rings is 2. The van der Waals surface area contributed by atoms with Crippen molar-refractivity contribution in [3.8, 4) is 28.5 Å². The van der Waals surface area contributed by atoms with Crippen molar-refractivity contribution in [3.63, 3.8) is 0 Å². The summed E-state index contributed by atoms with van der Waals surface area (Å²) < 4.78 is 68.1. The molecule has 2 heterocycles. The van der Waals surface area contributed by atoms with E-state index in [0.29, 0.717) is 12.3 Å². The van der Waals surface area contributed by atoms with Crippen LogP contribution in [-0.2, 0) is 6.18 Å². The molecule has 0 unspecified atom stereocenters. The molecule has 0 amide bonds. The van der Waals surface area contributed by atoms with Gasteiger partial charge in [-0.15, -0.1) is 0 Å². The smallest absolute Gasteiger partial charge is 0.354 e. The Hall–Kier alpha value is -3.77. The Balaban J connectivity index is 1.91. The molecule has 0 fully saturated rings. The molecule has 0 saturated heterocycles. The fourth-order valence-corrected chi connectivity index (χ4v) is 3.48. The predicted octanol–water partition coefficient (Wildman–Crippen LogP) is 6.08. The molecular weight excluding hydrogens is 453 g/mol. The Morgan fingerprint density at radius 2 is 1.81 bits per heavy atom. The second kappa shape index (κ2) is 7.73. The largest absolute Gasteiger partial charge is 0.433 e. The summed E-state index contributed by atoms with van der Waals surface area (Å²) in [5.74, 6) is -2.35. The standard InChI is InChI=1S/C22H9ClF5N3O/c23-13-3-1-10(8-29)5-12(13)15-7-17(32)20-16(31-15)6-14(24)19(21(20)25)11-2-4-18(30-9-11)22(26,27)28/h1-7,9H,(H,31,32). The molecule has 10 heteroatoms. The van der Waals surface area contributed by atoms with Gasteiger partial charge < -0.3 is 4.98 Å². The fourth-order valence-electron chi connectivity index (χ4n) is 3.26. The van der Waals surface area contributed by atoms with Gasteiger partial charge in [-0.3, -0.25) is 9.78 Å². The van der Waals surface area contributed by atoms with Gasteiger partial charge in [0.15, 0.2) is 5.43 Å². The molecule has 2 aromatic heterocycles. The number of H-pyrrole nitrogens is 1. The first-order chi connectivity index (χ1) is 15.1. The van der Waals surface area contributed by atoms with E-state index < -0.39 is 39.9 Å². The average molecular weight is 462 g/mol. The van der Waals surface area contributed by atoms with Gasteiger partial charge in [0.05, 0.1) is 33.8 Å². The molecule has 4 rings (SSSR count). The van der Waals surface area contributed by atoms with Crippen molar-refractivity contribution in [1.82, 2.24) is 9.97 Å². The first-order valence-electron chi connectivity index (χ1n) is 8.89. The van der Waals surface area contributed by atoms with Crippen LogP contribution in [0, 0.1) is 23.0 Å². The lowest BCUT2D eigenvalue weighted by Crippen LogP contribution is -2.09. The minimum absolute atomic E-state index is 0.132. The maximum Gasteiger partial charge on any atom is 0.433 e. The van der Waals surface area contributed by atoms with Gasteiger partial charge in [-0.05, 0) is 30.3 Å². The van der Waals surface area contributed by atoms with E-state index in [2.05, 4.69) is 9.97 Å². The van der Waals surface area contributed by atoms with E-state index >= 15 is 4.39 Å². The number of hydrogen-bond donors (Lipinski definition) is 1. The molecule has 4 nitrogen and oxygen atoms in total. The number of hydrogen-bond acceptors (Lipinski definition) is 3. The zero-order valence-electron chi connectivity index (χ0n) is 15.7. The summed E-state index contributed by atoms with van der Waals surface area (Å²) in [4.78, 5) is 18.6. The van der Waals surface area contributed by atoms with Crippen LogP contribution in [0.2, 0.25) is 5.02 Å². The predicted molar refractivity (Wildman–Crippen MR) is 108 cm³/mol. The number of aromatic amines is 1. The van der Waals surface area contributed by atoms with Crippen LogP contribution < -0.4 is 5.43 Å². The second-order valence-corrected chi connectivity index (χ2v) is 7.16. The molecular formula is C22H9ClF5N3O. The van der Waals surface area contributed by atoms with Crippen LogP contribution in [0.4, 0.5) is 22.0 Å². The van der Waals surface area contributed by atoms with Crippen molar-refractivity contribution in [1.29, 1.82) is 5.26 Å². The van der Waals surface area contributed by atoms with Gasteiger partial charge in [-0.1, -0.05) is 17.7 Å². The zero-order chi connectivity index (χ0) is 23.2. The van der Waals surface area contributed by atoms with Crippen LogP contribution in [0.3, 0.4) is 0 Å². The van der Waals surface area contributed by atoms with Crippen LogP contribution in [0.25, 0.3) is 33.3 Å². The Kier molecular flexibility index (Phi) is 5.18. The van der Waals surface area contributed by atoms with E-state index in [1.165, 1.54) is 18.2 Å². The highest BCUT2D eigenvalue weighted by Gasteiger charge is 2.32. The summed E-state index contributed by atoms with van der Waals surface area (Å²) in [7, 11) is 0. The van der Waals surface area contributed by atoms with Crippen LogP contribution in [-0.4, -0.2) is 9.97 Å². The SMILES string of the molecule is N#Cc1ccc(Cl)c(-c2cc(=O)c3c(F)c(-c4ccc(C(F)(F)F)nc4)c(F)cc3[nH]2)c1. The van der Waals surface area contributed by atoms with Gasteiger partial charge in [-0.2, -0.15) is 18.4 Å². The van der Waals surface area contributed by atoms with E-state index in [9.17, 15) is 22.4 Å². The van der Waals surface area contributed by atoms with E-state index in [0.717, 1.165) is 18.2 Å². The van der Waals surface area contributed by atoms with E-state index in [-0.39, 0.29) is 32.9 Å².